The average Bonchev–Trinajstić information content (AvgIpc) is 2.43. The maximum atomic E-state index is 5.90. The summed E-state index contributed by atoms with van der Waals surface area (Å²) >= 11 is 3.45. The normalized spacial score (nSPS) is 13.4. The highest BCUT2D eigenvalue weighted by Gasteiger charge is 2.11. The number of fused-ring (bicyclic) bond motifs is 1. The van der Waals surface area contributed by atoms with Crippen LogP contribution >= 0.6 is 15.9 Å². The summed E-state index contributed by atoms with van der Waals surface area (Å²) in [5.41, 5.74) is 8.08. The highest BCUT2D eigenvalue weighted by molar-refractivity contribution is 9.10. The Bertz CT molecular complexity index is 473. The third-order valence-corrected chi connectivity index (χ3v) is 2.87. The molecule has 0 aliphatic carbocycles. The van der Waals surface area contributed by atoms with Crippen molar-refractivity contribution in [1.82, 2.24) is 9.38 Å². The summed E-state index contributed by atoms with van der Waals surface area (Å²) in [5.74, 6) is 0.967. The van der Waals surface area contributed by atoms with Crippen LogP contribution in [0.5, 0.6) is 0 Å². The minimum atomic E-state index is 0.0195. The predicted molar refractivity (Wildman–Crippen MR) is 60.2 cm³/mol. The van der Waals surface area contributed by atoms with Gasteiger partial charge in [-0.05, 0) is 41.4 Å². The van der Waals surface area contributed by atoms with E-state index in [1.165, 1.54) is 0 Å². The molecule has 0 radical (unpaired) electrons. The van der Waals surface area contributed by atoms with Gasteiger partial charge in [0.1, 0.15) is 10.4 Å². The first-order valence-corrected chi connectivity index (χ1v) is 5.29. The standard InChI is InChI=1S/C10H12BrN3/c1-6(12)8-4-3-5-14-7(2)13-10(11)9(8)14/h3-6H,12H2,1-2H3. The van der Waals surface area contributed by atoms with Crippen molar-refractivity contribution < 1.29 is 0 Å². The van der Waals surface area contributed by atoms with Crippen LogP contribution in [0, 0.1) is 6.92 Å². The van der Waals surface area contributed by atoms with Crippen LogP contribution in [-0.4, -0.2) is 9.38 Å². The van der Waals surface area contributed by atoms with Crippen LogP contribution in [0.15, 0.2) is 22.9 Å². The van der Waals surface area contributed by atoms with Crippen molar-refractivity contribution >= 4 is 21.4 Å². The lowest BCUT2D eigenvalue weighted by Crippen LogP contribution is -2.06. The summed E-state index contributed by atoms with van der Waals surface area (Å²) in [6, 6.07) is 4.05. The maximum Gasteiger partial charge on any atom is 0.132 e. The van der Waals surface area contributed by atoms with Crippen LogP contribution in [0.4, 0.5) is 0 Å². The molecule has 4 heteroatoms. The van der Waals surface area contributed by atoms with E-state index in [0.717, 1.165) is 21.5 Å². The van der Waals surface area contributed by atoms with Gasteiger partial charge >= 0.3 is 0 Å². The van der Waals surface area contributed by atoms with Crippen molar-refractivity contribution in [3.8, 4) is 0 Å². The van der Waals surface area contributed by atoms with Crippen LogP contribution in [0.25, 0.3) is 5.52 Å². The van der Waals surface area contributed by atoms with Gasteiger partial charge in [0.2, 0.25) is 0 Å². The first kappa shape index (κ1) is 9.68. The van der Waals surface area contributed by atoms with Crippen LogP contribution in [0.2, 0.25) is 0 Å². The number of imidazole rings is 1. The lowest BCUT2D eigenvalue weighted by molar-refractivity contribution is 0.818. The largest absolute Gasteiger partial charge is 0.324 e. The summed E-state index contributed by atoms with van der Waals surface area (Å²) < 4.78 is 2.91. The third-order valence-electron chi connectivity index (χ3n) is 2.32. The zero-order valence-corrected chi connectivity index (χ0v) is 9.75. The van der Waals surface area contributed by atoms with Gasteiger partial charge in [-0.3, -0.25) is 0 Å². The van der Waals surface area contributed by atoms with E-state index in [9.17, 15) is 0 Å². The van der Waals surface area contributed by atoms with Crippen molar-refractivity contribution in [3.63, 3.8) is 0 Å². The minimum absolute atomic E-state index is 0.0195. The lowest BCUT2D eigenvalue weighted by Gasteiger charge is -2.08. The summed E-state index contributed by atoms with van der Waals surface area (Å²) in [5, 5.41) is 0. The molecule has 0 aromatic carbocycles. The second kappa shape index (κ2) is 3.37. The van der Waals surface area contributed by atoms with Crippen molar-refractivity contribution in [2.45, 2.75) is 19.9 Å². The molecule has 3 nitrogen and oxygen atoms in total. The average molecular weight is 254 g/mol. The van der Waals surface area contributed by atoms with E-state index in [2.05, 4.69) is 20.9 Å². The number of hydrogen-bond donors (Lipinski definition) is 1. The third kappa shape index (κ3) is 1.35. The number of rotatable bonds is 1. The molecule has 0 spiro atoms. The minimum Gasteiger partial charge on any atom is -0.324 e. The van der Waals surface area contributed by atoms with E-state index in [1.807, 2.05) is 36.6 Å². The molecule has 74 valence electrons. The molecule has 2 heterocycles. The van der Waals surface area contributed by atoms with Gasteiger partial charge in [-0.2, -0.15) is 0 Å². The van der Waals surface area contributed by atoms with Crippen molar-refractivity contribution in [2.24, 2.45) is 5.73 Å². The van der Waals surface area contributed by atoms with E-state index in [4.69, 9.17) is 5.73 Å². The molecule has 2 rings (SSSR count). The van der Waals surface area contributed by atoms with Gasteiger partial charge in [0.25, 0.3) is 0 Å². The molecule has 0 aliphatic heterocycles. The van der Waals surface area contributed by atoms with Crippen LogP contribution in [-0.2, 0) is 0 Å². The van der Waals surface area contributed by atoms with Gasteiger partial charge in [0.15, 0.2) is 0 Å². The fourth-order valence-corrected chi connectivity index (χ4v) is 2.31. The van der Waals surface area contributed by atoms with Crippen molar-refractivity contribution in [2.75, 3.05) is 0 Å². The summed E-state index contributed by atoms with van der Waals surface area (Å²) in [6.07, 6.45) is 1.99. The van der Waals surface area contributed by atoms with E-state index in [0.29, 0.717) is 0 Å². The maximum absolute atomic E-state index is 5.90. The van der Waals surface area contributed by atoms with E-state index in [-0.39, 0.29) is 6.04 Å². The number of nitrogens with two attached hydrogens (primary N) is 1. The molecule has 1 unspecified atom stereocenters. The fourth-order valence-electron chi connectivity index (χ4n) is 1.63. The number of pyridine rings is 1. The molecule has 14 heavy (non-hydrogen) atoms. The number of aryl methyl sites for hydroxylation is 1. The zero-order valence-electron chi connectivity index (χ0n) is 8.16. The quantitative estimate of drug-likeness (QED) is 0.849. The fraction of sp³-hybridized carbons (Fsp3) is 0.300. The molecule has 0 saturated heterocycles. The summed E-state index contributed by atoms with van der Waals surface area (Å²) in [4.78, 5) is 4.36. The number of halogens is 1. The zero-order chi connectivity index (χ0) is 10.3. The smallest absolute Gasteiger partial charge is 0.132 e. The molecule has 1 atom stereocenters. The predicted octanol–water partition coefficient (Wildman–Crippen LogP) is 2.42. The van der Waals surface area contributed by atoms with Crippen molar-refractivity contribution in [3.05, 3.63) is 34.3 Å². The van der Waals surface area contributed by atoms with Crippen LogP contribution in [0.3, 0.4) is 0 Å². The number of hydrogen-bond acceptors (Lipinski definition) is 2. The van der Waals surface area contributed by atoms with Gasteiger partial charge in [-0.25, -0.2) is 4.98 Å². The Hall–Kier alpha value is -0.870. The Morgan fingerprint density at radius 1 is 1.57 bits per heavy atom. The molecule has 2 aromatic heterocycles. The van der Waals surface area contributed by atoms with Gasteiger partial charge in [-0.15, -0.1) is 0 Å². The second-order valence-corrected chi connectivity index (χ2v) is 4.17. The van der Waals surface area contributed by atoms with Gasteiger partial charge in [0, 0.05) is 12.2 Å². The van der Waals surface area contributed by atoms with Crippen molar-refractivity contribution in [1.29, 1.82) is 0 Å². The summed E-state index contributed by atoms with van der Waals surface area (Å²) in [7, 11) is 0. The second-order valence-electron chi connectivity index (χ2n) is 3.42. The molecule has 0 amide bonds. The van der Waals surface area contributed by atoms with Crippen LogP contribution < -0.4 is 5.73 Å². The Balaban J connectivity index is 2.85. The SMILES string of the molecule is Cc1nc(Br)c2c(C(C)N)cccn12. The topological polar surface area (TPSA) is 43.3 Å². The highest BCUT2D eigenvalue weighted by Crippen LogP contribution is 2.25. The molecule has 0 aliphatic rings. The van der Waals surface area contributed by atoms with E-state index >= 15 is 0 Å². The summed E-state index contributed by atoms with van der Waals surface area (Å²) in [6.45, 7) is 3.95. The Kier molecular flexibility index (Phi) is 2.33. The molecule has 0 bridgehead atoms. The Morgan fingerprint density at radius 3 is 2.93 bits per heavy atom. The highest BCUT2D eigenvalue weighted by atomic mass is 79.9. The monoisotopic (exact) mass is 253 g/mol. The molecule has 0 fully saturated rings. The van der Waals surface area contributed by atoms with E-state index in [1.54, 1.807) is 0 Å². The first-order chi connectivity index (χ1) is 6.61. The van der Waals surface area contributed by atoms with Gasteiger partial charge < -0.3 is 10.1 Å². The lowest BCUT2D eigenvalue weighted by atomic mass is 10.1. The molecule has 2 N–H and O–H groups in total. The van der Waals surface area contributed by atoms with Gasteiger partial charge in [0.05, 0.1) is 5.52 Å². The molecule has 2 aromatic rings. The van der Waals surface area contributed by atoms with Crippen LogP contribution in [0.1, 0.15) is 24.4 Å². The molecule has 0 saturated carbocycles. The number of aromatic nitrogens is 2. The first-order valence-electron chi connectivity index (χ1n) is 4.50. The van der Waals surface area contributed by atoms with Gasteiger partial charge in [-0.1, -0.05) is 6.07 Å². The Morgan fingerprint density at radius 2 is 2.29 bits per heavy atom. The van der Waals surface area contributed by atoms with E-state index < -0.39 is 0 Å². The molecular weight excluding hydrogens is 242 g/mol. The molecular formula is C10H12BrN3. The Labute approximate surface area is 91.1 Å². The number of nitrogens with zero attached hydrogens (tertiary/aromatic N) is 2.